The molecular formula is C25H26FN9O4. The zero-order valence-corrected chi connectivity index (χ0v) is 21.2. The second-order valence-electron chi connectivity index (χ2n) is 9.30. The number of benzene rings is 1. The Bertz CT molecular complexity index is 1600. The van der Waals surface area contributed by atoms with Crippen molar-refractivity contribution in [1.82, 2.24) is 19.9 Å². The Labute approximate surface area is 221 Å². The summed E-state index contributed by atoms with van der Waals surface area (Å²) in [7, 11) is 1.39. The minimum atomic E-state index is -1.44. The molecule has 5 rings (SSSR count). The summed E-state index contributed by atoms with van der Waals surface area (Å²) in [5.41, 5.74) is 8.93. The normalized spacial score (nSPS) is 14.8. The Hall–Kier alpha value is -5.14. The molecule has 0 saturated heterocycles. The minimum absolute atomic E-state index is 0.0281. The maximum atomic E-state index is 15.7. The predicted molar refractivity (Wildman–Crippen MR) is 144 cm³/mol. The molecule has 1 aliphatic rings. The second-order valence-corrected chi connectivity index (χ2v) is 9.30. The van der Waals surface area contributed by atoms with Gasteiger partial charge >= 0.3 is 6.09 Å². The molecule has 4 heterocycles. The molecule has 0 radical (unpaired) electrons. The number of nitrogens with two attached hydrogens (primary N) is 1. The molecule has 0 saturated carbocycles. The van der Waals surface area contributed by atoms with Gasteiger partial charge in [-0.2, -0.15) is 4.79 Å². The molecule has 1 atom stereocenters. The molecule has 202 valence electrons. The van der Waals surface area contributed by atoms with Crippen LogP contribution >= 0.6 is 0 Å². The number of anilines is 5. The van der Waals surface area contributed by atoms with Crippen LogP contribution in [0.15, 0.2) is 36.8 Å². The molecule has 4 aromatic rings. The number of ether oxygens (including phenoxy) is 1. The molecule has 14 heteroatoms. The van der Waals surface area contributed by atoms with Gasteiger partial charge in [-0.25, -0.2) is 19.6 Å². The van der Waals surface area contributed by atoms with Crippen molar-refractivity contribution in [1.29, 1.82) is 0 Å². The van der Waals surface area contributed by atoms with Crippen molar-refractivity contribution in [2.24, 2.45) is 11.8 Å². The van der Waals surface area contributed by atoms with Crippen LogP contribution in [0.1, 0.15) is 13.8 Å². The number of nitrogens with zero attached hydrogens (tertiary/aromatic N) is 4. The largest absolute Gasteiger partial charge is 0.494 e. The first-order valence-corrected chi connectivity index (χ1v) is 12.0. The highest BCUT2D eigenvalue weighted by Crippen LogP contribution is 2.41. The number of halogens is 1. The van der Waals surface area contributed by atoms with Crippen LogP contribution in [0.5, 0.6) is 5.75 Å². The summed E-state index contributed by atoms with van der Waals surface area (Å²) < 4.78 is 21.0. The summed E-state index contributed by atoms with van der Waals surface area (Å²) in [6.45, 7) is 4.41. The van der Waals surface area contributed by atoms with E-state index in [1.807, 2.05) is 13.8 Å². The van der Waals surface area contributed by atoms with Crippen LogP contribution in [-0.2, 0) is 4.79 Å². The maximum Gasteiger partial charge on any atom is 0.409 e. The van der Waals surface area contributed by atoms with Gasteiger partial charge in [-0.15, -0.1) is 5.10 Å². The Kier molecular flexibility index (Phi) is 6.52. The molecule has 39 heavy (non-hydrogen) atoms. The van der Waals surface area contributed by atoms with Crippen LogP contribution in [0.2, 0.25) is 0 Å². The highest BCUT2D eigenvalue weighted by atomic mass is 19.1. The number of methoxy groups -OCH3 is 1. The van der Waals surface area contributed by atoms with Gasteiger partial charge in [-0.3, -0.25) is 15.1 Å². The smallest absolute Gasteiger partial charge is 0.409 e. The average molecular weight is 536 g/mol. The van der Waals surface area contributed by atoms with Crippen LogP contribution in [-0.4, -0.2) is 50.6 Å². The maximum absolute atomic E-state index is 15.7. The fourth-order valence-corrected chi connectivity index (χ4v) is 4.47. The van der Waals surface area contributed by atoms with Crippen LogP contribution in [0.25, 0.3) is 21.9 Å². The molecule has 1 aromatic carbocycles. The molecule has 2 amide bonds. The van der Waals surface area contributed by atoms with E-state index in [9.17, 15) is 14.7 Å². The fourth-order valence-electron chi connectivity index (χ4n) is 4.47. The SMILES string of the molecule is COc1c(N)cncc1-c1cc2cc(Nc3cc4n(n3)NC(=O)C(C(C)C)CN4)ncc2c(NC(=O)O)c1F. The van der Waals surface area contributed by atoms with E-state index in [-0.39, 0.29) is 51.4 Å². The molecule has 1 aliphatic heterocycles. The zero-order chi connectivity index (χ0) is 27.8. The van der Waals surface area contributed by atoms with E-state index in [4.69, 9.17) is 10.5 Å². The number of carboxylic acid groups (broad SMARTS) is 1. The van der Waals surface area contributed by atoms with E-state index in [1.165, 1.54) is 36.6 Å². The molecule has 0 aliphatic carbocycles. The first-order valence-electron chi connectivity index (χ1n) is 12.0. The van der Waals surface area contributed by atoms with E-state index in [1.54, 1.807) is 12.1 Å². The molecule has 13 nitrogen and oxygen atoms in total. The number of aromatic nitrogens is 4. The second kappa shape index (κ2) is 9.96. The van der Waals surface area contributed by atoms with Crippen molar-refractivity contribution in [3.63, 3.8) is 0 Å². The first-order chi connectivity index (χ1) is 18.7. The highest BCUT2D eigenvalue weighted by Gasteiger charge is 2.27. The monoisotopic (exact) mass is 535 g/mol. The van der Waals surface area contributed by atoms with Gasteiger partial charge in [0, 0.05) is 41.5 Å². The van der Waals surface area contributed by atoms with E-state index >= 15 is 4.39 Å². The standard InChI is InChI=1S/C25H26FN9O4/c1-11(2)14-8-30-20-6-19(33-35(20)34-24(14)36)31-18-5-12-4-13(16-7-28-10-17(27)23(16)39-3)21(26)22(32-25(37)38)15(12)9-29-18/h4-7,9-11,14,30,32H,8,27H2,1-3H3,(H,34,36)(H,37,38)(H,29,31,33). The molecule has 0 bridgehead atoms. The predicted octanol–water partition coefficient (Wildman–Crippen LogP) is 3.82. The molecule has 7 N–H and O–H groups in total. The molecular weight excluding hydrogens is 509 g/mol. The lowest BCUT2D eigenvalue weighted by Crippen LogP contribution is -2.33. The number of fused-ring (bicyclic) bond motifs is 2. The zero-order valence-electron chi connectivity index (χ0n) is 21.2. The first kappa shape index (κ1) is 25.5. The molecule has 3 aromatic heterocycles. The van der Waals surface area contributed by atoms with Crippen LogP contribution in [0.3, 0.4) is 0 Å². The van der Waals surface area contributed by atoms with Gasteiger partial charge < -0.3 is 26.2 Å². The van der Waals surface area contributed by atoms with Crippen molar-refractivity contribution >= 4 is 51.6 Å². The number of nitrogens with one attached hydrogen (secondary N) is 4. The van der Waals surface area contributed by atoms with E-state index in [0.717, 1.165) is 0 Å². The van der Waals surface area contributed by atoms with Crippen molar-refractivity contribution in [3.8, 4) is 16.9 Å². The fraction of sp³-hybridized carbons (Fsp3) is 0.240. The minimum Gasteiger partial charge on any atom is -0.494 e. The average Bonchev–Trinajstić information content (AvgIpc) is 3.17. The topological polar surface area (TPSA) is 181 Å². The third kappa shape index (κ3) is 4.79. The van der Waals surface area contributed by atoms with Crippen LogP contribution in [0.4, 0.5) is 38.0 Å². The van der Waals surface area contributed by atoms with Crippen LogP contribution in [0, 0.1) is 17.7 Å². The number of hydrogen-bond acceptors (Lipinski definition) is 9. The number of hydrogen-bond donors (Lipinski definition) is 6. The summed E-state index contributed by atoms with van der Waals surface area (Å²) >= 11 is 0. The lowest BCUT2D eigenvalue weighted by molar-refractivity contribution is -0.121. The molecule has 1 unspecified atom stereocenters. The Balaban J connectivity index is 1.54. The van der Waals surface area contributed by atoms with Crippen LogP contribution < -0.4 is 31.8 Å². The Morgan fingerprint density at radius 3 is 2.74 bits per heavy atom. The number of rotatable bonds is 6. The molecule has 0 fully saturated rings. The van der Waals surface area contributed by atoms with Gasteiger partial charge in [0.1, 0.15) is 11.6 Å². The van der Waals surface area contributed by atoms with E-state index in [0.29, 0.717) is 29.4 Å². The van der Waals surface area contributed by atoms with Gasteiger partial charge in [0.05, 0.1) is 30.6 Å². The quantitative estimate of drug-likeness (QED) is 0.212. The third-order valence-corrected chi connectivity index (χ3v) is 6.44. The van der Waals surface area contributed by atoms with Crippen molar-refractivity contribution in [3.05, 3.63) is 42.6 Å². The summed E-state index contributed by atoms with van der Waals surface area (Å²) in [6.07, 6.45) is 2.66. The summed E-state index contributed by atoms with van der Waals surface area (Å²) in [6, 6.07) is 4.86. The summed E-state index contributed by atoms with van der Waals surface area (Å²) in [5.74, 6) is 0.493. The summed E-state index contributed by atoms with van der Waals surface area (Å²) in [5, 5.41) is 22.8. The van der Waals surface area contributed by atoms with Gasteiger partial charge in [0.15, 0.2) is 17.4 Å². The van der Waals surface area contributed by atoms with Crippen molar-refractivity contribution < 1.29 is 23.8 Å². The third-order valence-electron chi connectivity index (χ3n) is 6.44. The van der Waals surface area contributed by atoms with E-state index < -0.39 is 11.9 Å². The highest BCUT2D eigenvalue weighted by molar-refractivity contribution is 6.04. The number of amides is 2. The van der Waals surface area contributed by atoms with Gasteiger partial charge in [0.25, 0.3) is 0 Å². The lowest BCUT2D eigenvalue weighted by atomic mass is 9.95. The van der Waals surface area contributed by atoms with Gasteiger partial charge in [0.2, 0.25) is 5.91 Å². The van der Waals surface area contributed by atoms with Crippen molar-refractivity contribution in [2.75, 3.05) is 40.8 Å². The molecule has 0 spiro atoms. The van der Waals surface area contributed by atoms with Crippen molar-refractivity contribution in [2.45, 2.75) is 13.8 Å². The Morgan fingerprint density at radius 2 is 2.03 bits per heavy atom. The summed E-state index contributed by atoms with van der Waals surface area (Å²) in [4.78, 5) is 33.7. The Morgan fingerprint density at radius 1 is 1.23 bits per heavy atom. The van der Waals surface area contributed by atoms with Gasteiger partial charge in [-0.1, -0.05) is 13.8 Å². The van der Waals surface area contributed by atoms with Gasteiger partial charge in [-0.05, 0) is 23.4 Å². The number of pyridine rings is 2. The number of carbonyl (C=O) groups excluding carboxylic acids is 1. The lowest BCUT2D eigenvalue weighted by Gasteiger charge is -2.16. The number of carbonyl (C=O) groups is 2. The number of nitrogen functional groups attached to an aromatic ring is 1. The van der Waals surface area contributed by atoms with E-state index in [2.05, 4.69) is 36.4 Å².